The summed E-state index contributed by atoms with van der Waals surface area (Å²) in [5, 5.41) is 7.47. The Morgan fingerprint density at radius 2 is 1.04 bits per heavy atom. The molecule has 7 aromatic carbocycles. The van der Waals surface area contributed by atoms with Gasteiger partial charge in [-0.1, -0.05) is 136 Å². The molecule has 9 aromatic rings. The highest BCUT2D eigenvalue weighted by Gasteiger charge is 2.22. The van der Waals surface area contributed by atoms with Crippen molar-refractivity contribution < 1.29 is 0 Å². The zero-order chi connectivity index (χ0) is 33.8. The zero-order valence-corrected chi connectivity index (χ0v) is 28.4. The van der Waals surface area contributed by atoms with Crippen LogP contribution in [0.2, 0.25) is 0 Å². The highest BCUT2D eigenvalue weighted by atomic mass is 14.8. The molecule has 0 aliphatic carbocycles. The van der Waals surface area contributed by atoms with Gasteiger partial charge < -0.3 is 0 Å². The predicted molar refractivity (Wildman–Crippen MR) is 209 cm³/mol. The van der Waals surface area contributed by atoms with Crippen LogP contribution in [-0.2, 0) is 5.41 Å². The van der Waals surface area contributed by atoms with Gasteiger partial charge in [0.05, 0.1) is 23.8 Å². The monoisotopic (exact) mass is 641 g/mol. The van der Waals surface area contributed by atoms with E-state index in [0.717, 1.165) is 22.6 Å². The summed E-state index contributed by atoms with van der Waals surface area (Å²) in [5.41, 5.74) is 12.0. The van der Waals surface area contributed by atoms with Crippen LogP contribution in [0.3, 0.4) is 0 Å². The number of rotatable bonds is 5. The Balaban J connectivity index is 1.35. The van der Waals surface area contributed by atoms with Crippen LogP contribution >= 0.6 is 0 Å². The topological polar surface area (TPSA) is 38.7 Å². The number of aromatic nitrogens is 3. The van der Waals surface area contributed by atoms with Crippen LogP contribution < -0.4 is 0 Å². The van der Waals surface area contributed by atoms with Gasteiger partial charge in [-0.2, -0.15) is 0 Å². The fourth-order valence-corrected chi connectivity index (χ4v) is 7.34. The molecule has 0 saturated carbocycles. The van der Waals surface area contributed by atoms with E-state index in [-0.39, 0.29) is 5.41 Å². The van der Waals surface area contributed by atoms with Crippen molar-refractivity contribution in [3.8, 4) is 56.0 Å². The number of benzene rings is 7. The Morgan fingerprint density at radius 3 is 1.68 bits per heavy atom. The summed E-state index contributed by atoms with van der Waals surface area (Å²) in [5.74, 6) is 0. The van der Waals surface area contributed by atoms with E-state index in [0.29, 0.717) is 0 Å². The smallest absolute Gasteiger partial charge is 0.107 e. The SMILES string of the molecule is CC(C)(C)c1cc2ccc3c(-c4cnc(-c5ccccn5)cn4)cc(-c4ccc(-c5ccccc5)cc4-c4ccccc4)c4ccc(c1)c2c34. The zero-order valence-electron chi connectivity index (χ0n) is 28.4. The van der Waals surface area contributed by atoms with Gasteiger partial charge in [-0.25, -0.2) is 0 Å². The van der Waals surface area contributed by atoms with Crippen LogP contribution in [-0.4, -0.2) is 15.0 Å². The highest BCUT2D eigenvalue weighted by molar-refractivity contribution is 6.28. The predicted octanol–water partition coefficient (Wildman–Crippen LogP) is 12.4. The average molecular weight is 642 g/mol. The molecule has 0 saturated heterocycles. The van der Waals surface area contributed by atoms with E-state index in [1.54, 1.807) is 6.20 Å². The first-order valence-electron chi connectivity index (χ1n) is 17.2. The van der Waals surface area contributed by atoms with E-state index in [1.165, 1.54) is 71.3 Å². The second kappa shape index (κ2) is 11.7. The van der Waals surface area contributed by atoms with E-state index in [1.807, 2.05) is 30.6 Å². The van der Waals surface area contributed by atoms with Gasteiger partial charge in [0.15, 0.2) is 0 Å². The fourth-order valence-electron chi connectivity index (χ4n) is 7.34. The molecule has 0 radical (unpaired) electrons. The lowest BCUT2D eigenvalue weighted by atomic mass is 9.81. The Labute approximate surface area is 292 Å². The molecule has 0 bridgehead atoms. The van der Waals surface area contributed by atoms with Crippen LogP contribution in [0.15, 0.2) is 158 Å². The molecule has 3 heteroatoms. The molecule has 0 unspecified atom stereocenters. The van der Waals surface area contributed by atoms with Crippen molar-refractivity contribution in [1.82, 2.24) is 15.0 Å². The minimum atomic E-state index is 0.0385. The summed E-state index contributed by atoms with van der Waals surface area (Å²) in [4.78, 5) is 14.4. The molecule has 0 spiro atoms. The van der Waals surface area contributed by atoms with Gasteiger partial charge in [0.2, 0.25) is 0 Å². The average Bonchev–Trinajstić information content (AvgIpc) is 3.17. The second-order valence-electron chi connectivity index (χ2n) is 14.1. The van der Waals surface area contributed by atoms with E-state index >= 15 is 0 Å². The van der Waals surface area contributed by atoms with Gasteiger partial charge in [0.1, 0.15) is 5.69 Å². The summed E-state index contributed by atoms with van der Waals surface area (Å²) >= 11 is 0. The normalized spacial score (nSPS) is 11.9. The first-order chi connectivity index (χ1) is 24.4. The lowest BCUT2D eigenvalue weighted by Crippen LogP contribution is -2.10. The van der Waals surface area contributed by atoms with Crippen molar-refractivity contribution in [3.05, 3.63) is 164 Å². The van der Waals surface area contributed by atoms with E-state index in [9.17, 15) is 0 Å². The van der Waals surface area contributed by atoms with Gasteiger partial charge >= 0.3 is 0 Å². The second-order valence-corrected chi connectivity index (χ2v) is 14.1. The minimum absolute atomic E-state index is 0.0385. The molecule has 0 N–H and O–H groups in total. The quantitative estimate of drug-likeness (QED) is 0.176. The van der Waals surface area contributed by atoms with Gasteiger partial charge in [-0.3, -0.25) is 15.0 Å². The summed E-state index contributed by atoms with van der Waals surface area (Å²) in [7, 11) is 0. The highest BCUT2D eigenvalue weighted by Crippen LogP contribution is 2.47. The van der Waals surface area contributed by atoms with Crippen LogP contribution in [0.1, 0.15) is 26.3 Å². The fraction of sp³-hybridized carbons (Fsp3) is 0.0851. The number of nitrogens with zero attached hydrogens (tertiary/aromatic N) is 3. The maximum Gasteiger partial charge on any atom is 0.107 e. The van der Waals surface area contributed by atoms with Crippen molar-refractivity contribution in [1.29, 1.82) is 0 Å². The van der Waals surface area contributed by atoms with Gasteiger partial charge in [0, 0.05) is 11.8 Å². The Kier molecular flexibility index (Phi) is 7.03. The summed E-state index contributed by atoms with van der Waals surface area (Å²) in [6.07, 6.45) is 5.53. The molecule has 0 aliphatic rings. The molecular weight excluding hydrogens is 607 g/mol. The molecule has 238 valence electrons. The van der Waals surface area contributed by atoms with Crippen molar-refractivity contribution in [3.63, 3.8) is 0 Å². The number of hydrogen-bond donors (Lipinski definition) is 0. The van der Waals surface area contributed by atoms with Crippen LogP contribution in [0.4, 0.5) is 0 Å². The molecule has 0 aliphatic heterocycles. The minimum Gasteiger partial charge on any atom is -0.255 e. The number of hydrogen-bond acceptors (Lipinski definition) is 3. The molecule has 2 aromatic heterocycles. The van der Waals surface area contributed by atoms with Gasteiger partial charge in [-0.05, 0) is 101 Å². The van der Waals surface area contributed by atoms with Crippen molar-refractivity contribution >= 4 is 32.3 Å². The molecule has 3 nitrogen and oxygen atoms in total. The molecule has 50 heavy (non-hydrogen) atoms. The lowest BCUT2D eigenvalue weighted by Gasteiger charge is -2.23. The molecule has 0 fully saturated rings. The number of pyridine rings is 1. The maximum absolute atomic E-state index is 5.02. The van der Waals surface area contributed by atoms with Gasteiger partial charge in [0.25, 0.3) is 0 Å². The molecule has 2 heterocycles. The van der Waals surface area contributed by atoms with Crippen molar-refractivity contribution in [2.75, 3.05) is 0 Å². The Morgan fingerprint density at radius 1 is 0.400 bits per heavy atom. The third-order valence-electron chi connectivity index (χ3n) is 9.94. The van der Waals surface area contributed by atoms with Crippen LogP contribution in [0, 0.1) is 0 Å². The van der Waals surface area contributed by atoms with Gasteiger partial charge in [-0.15, -0.1) is 0 Å². The molecular formula is C47H35N3. The standard InChI is InChI=1S/C47H35N3/c1-47(2,3)35-24-33-18-21-37-40(36-20-17-32(30-12-6-4-7-13-30)26-39(36)31-14-8-5-9-15-31)27-41(38-22-19-34(25-35)45(33)46(37)38)43-28-50-44(29-49-43)42-16-10-11-23-48-42/h4-29H,1-3H3. The third kappa shape index (κ3) is 5.10. The largest absolute Gasteiger partial charge is 0.255 e. The van der Waals surface area contributed by atoms with Crippen LogP contribution in [0.5, 0.6) is 0 Å². The maximum atomic E-state index is 5.02. The third-order valence-corrected chi connectivity index (χ3v) is 9.94. The first-order valence-corrected chi connectivity index (χ1v) is 17.2. The first kappa shape index (κ1) is 29.9. The molecule has 9 rings (SSSR count). The lowest BCUT2D eigenvalue weighted by molar-refractivity contribution is 0.591. The summed E-state index contributed by atoms with van der Waals surface area (Å²) in [6.45, 7) is 6.86. The summed E-state index contributed by atoms with van der Waals surface area (Å²) < 4.78 is 0. The Bertz CT molecular complexity index is 2620. The van der Waals surface area contributed by atoms with Crippen molar-refractivity contribution in [2.24, 2.45) is 0 Å². The van der Waals surface area contributed by atoms with E-state index in [2.05, 4.69) is 147 Å². The Hall–Kier alpha value is -6.19. The van der Waals surface area contributed by atoms with E-state index < -0.39 is 0 Å². The van der Waals surface area contributed by atoms with Crippen LogP contribution in [0.25, 0.3) is 88.3 Å². The molecule has 0 amide bonds. The van der Waals surface area contributed by atoms with E-state index in [4.69, 9.17) is 9.97 Å². The molecule has 0 atom stereocenters. The summed E-state index contributed by atoms with van der Waals surface area (Å²) in [6, 6.07) is 50.4. The van der Waals surface area contributed by atoms with Crippen molar-refractivity contribution in [2.45, 2.75) is 26.2 Å².